The van der Waals surface area contributed by atoms with Gasteiger partial charge in [-0.05, 0) is 42.9 Å². The summed E-state index contributed by atoms with van der Waals surface area (Å²) < 4.78 is 11.7. The van der Waals surface area contributed by atoms with Gasteiger partial charge in [-0.2, -0.15) is 0 Å². The number of nitrogens with zero attached hydrogens (tertiary/aromatic N) is 1. The van der Waals surface area contributed by atoms with Gasteiger partial charge >= 0.3 is 0 Å². The molecule has 8 unspecified atom stereocenters. The monoisotopic (exact) mass is 495 g/mol. The lowest BCUT2D eigenvalue weighted by Gasteiger charge is -2.38. The van der Waals surface area contributed by atoms with E-state index in [9.17, 15) is 14.4 Å². The van der Waals surface area contributed by atoms with Gasteiger partial charge in [0.25, 0.3) is 0 Å². The smallest absolute Gasteiger partial charge is 0.246 e. The number of fused-ring (bicyclic) bond motifs is 1. The summed E-state index contributed by atoms with van der Waals surface area (Å²) in [5.41, 5.74) is 0.550. The number of hydrogen-bond acceptors (Lipinski definition) is 5. The number of hydrogen-bond donors (Lipinski definition) is 2. The molecule has 8 atom stereocenters. The van der Waals surface area contributed by atoms with Crippen LogP contribution in [0, 0.1) is 30.6 Å². The SMILES string of the molecule is COCCN1C(=O)C2C(C(=O)Nc3cccc(C)c3)C3C=CC2(O3)C1C(=O)NC1CCCC(C)C1C. The summed E-state index contributed by atoms with van der Waals surface area (Å²) in [6, 6.07) is 6.77. The molecule has 3 amide bonds. The molecule has 1 aromatic rings. The second-order valence-electron chi connectivity index (χ2n) is 11.0. The van der Waals surface area contributed by atoms with Crippen molar-refractivity contribution in [1.82, 2.24) is 10.2 Å². The molecule has 5 rings (SSSR count). The third-order valence-electron chi connectivity index (χ3n) is 8.78. The number of amides is 3. The van der Waals surface area contributed by atoms with E-state index >= 15 is 0 Å². The van der Waals surface area contributed by atoms with E-state index in [2.05, 4.69) is 24.5 Å². The number of anilines is 1. The predicted octanol–water partition coefficient (Wildman–Crippen LogP) is 2.67. The second kappa shape index (κ2) is 9.63. The summed E-state index contributed by atoms with van der Waals surface area (Å²) in [6.07, 6.45) is 6.30. The zero-order valence-corrected chi connectivity index (χ0v) is 21.5. The first kappa shape index (κ1) is 25.0. The second-order valence-corrected chi connectivity index (χ2v) is 11.0. The van der Waals surface area contributed by atoms with Crippen molar-refractivity contribution in [2.24, 2.45) is 23.7 Å². The van der Waals surface area contributed by atoms with Gasteiger partial charge < -0.3 is 25.0 Å². The Hall–Kier alpha value is -2.71. The highest BCUT2D eigenvalue weighted by Gasteiger charge is 2.72. The minimum Gasteiger partial charge on any atom is -0.383 e. The maximum atomic E-state index is 13.9. The number of carbonyl (C=O) groups is 3. The lowest BCUT2D eigenvalue weighted by Crippen LogP contribution is -2.58. The molecule has 0 radical (unpaired) electrons. The Morgan fingerprint density at radius 1 is 1.22 bits per heavy atom. The summed E-state index contributed by atoms with van der Waals surface area (Å²) in [6.45, 7) is 6.92. The molecule has 3 fully saturated rings. The highest BCUT2D eigenvalue weighted by molar-refractivity contribution is 6.02. The third kappa shape index (κ3) is 4.04. The minimum absolute atomic E-state index is 0.0547. The average molecular weight is 496 g/mol. The van der Waals surface area contributed by atoms with Crippen LogP contribution in [0.3, 0.4) is 0 Å². The molecule has 0 aromatic heterocycles. The van der Waals surface area contributed by atoms with Crippen LogP contribution >= 0.6 is 0 Å². The van der Waals surface area contributed by atoms with Crippen LogP contribution in [0.5, 0.6) is 0 Å². The lowest BCUT2D eigenvalue weighted by atomic mass is 9.73. The lowest BCUT2D eigenvalue weighted by molar-refractivity contribution is -0.142. The van der Waals surface area contributed by atoms with E-state index in [1.165, 1.54) is 0 Å². The molecule has 3 aliphatic heterocycles. The first-order valence-electron chi connectivity index (χ1n) is 13.1. The zero-order valence-electron chi connectivity index (χ0n) is 21.5. The molecule has 1 saturated carbocycles. The Bertz CT molecular complexity index is 1070. The van der Waals surface area contributed by atoms with E-state index in [-0.39, 0.29) is 30.3 Å². The number of rotatable bonds is 7. The molecule has 3 heterocycles. The maximum Gasteiger partial charge on any atom is 0.246 e. The topological polar surface area (TPSA) is 97.0 Å². The molecule has 8 nitrogen and oxygen atoms in total. The molecule has 2 bridgehead atoms. The van der Waals surface area contributed by atoms with Gasteiger partial charge in [0.05, 0.1) is 24.5 Å². The van der Waals surface area contributed by atoms with Gasteiger partial charge in [-0.25, -0.2) is 0 Å². The predicted molar refractivity (Wildman–Crippen MR) is 135 cm³/mol. The molecule has 1 aliphatic carbocycles. The Kier molecular flexibility index (Phi) is 6.68. The summed E-state index contributed by atoms with van der Waals surface area (Å²) in [5.74, 6) is -1.29. The maximum absolute atomic E-state index is 13.9. The normalized spacial score (nSPS) is 36.7. The van der Waals surface area contributed by atoms with E-state index in [1.807, 2.05) is 43.3 Å². The molecule has 194 valence electrons. The van der Waals surface area contributed by atoms with Gasteiger partial charge in [-0.1, -0.05) is 51.0 Å². The highest BCUT2D eigenvalue weighted by atomic mass is 16.5. The van der Waals surface area contributed by atoms with Gasteiger partial charge in [-0.15, -0.1) is 0 Å². The van der Waals surface area contributed by atoms with Crippen LogP contribution in [0.2, 0.25) is 0 Å². The van der Waals surface area contributed by atoms with Crippen molar-refractivity contribution in [3.8, 4) is 0 Å². The number of carbonyl (C=O) groups excluding carboxylic acids is 3. The van der Waals surface area contributed by atoms with Crippen molar-refractivity contribution in [1.29, 1.82) is 0 Å². The molecule has 1 spiro atoms. The van der Waals surface area contributed by atoms with Gasteiger partial charge in [0.15, 0.2) is 0 Å². The van der Waals surface area contributed by atoms with E-state index in [0.717, 1.165) is 24.8 Å². The molecular weight excluding hydrogens is 458 g/mol. The number of ether oxygens (including phenoxy) is 2. The molecule has 4 aliphatic rings. The fourth-order valence-corrected chi connectivity index (χ4v) is 6.69. The largest absolute Gasteiger partial charge is 0.383 e. The van der Waals surface area contributed by atoms with Crippen molar-refractivity contribution in [2.75, 3.05) is 25.6 Å². The number of nitrogens with one attached hydrogen (secondary N) is 2. The molecule has 1 aromatic carbocycles. The fraction of sp³-hybridized carbons (Fsp3) is 0.607. The zero-order chi connectivity index (χ0) is 25.6. The van der Waals surface area contributed by atoms with Crippen molar-refractivity contribution < 1.29 is 23.9 Å². The summed E-state index contributed by atoms with van der Waals surface area (Å²) in [5, 5.41) is 6.23. The Labute approximate surface area is 212 Å². The quantitative estimate of drug-likeness (QED) is 0.567. The first-order valence-corrected chi connectivity index (χ1v) is 13.1. The highest BCUT2D eigenvalue weighted by Crippen LogP contribution is 2.55. The molecule has 2 saturated heterocycles. The van der Waals surface area contributed by atoms with Crippen LogP contribution < -0.4 is 10.6 Å². The van der Waals surface area contributed by atoms with Crippen LogP contribution in [0.1, 0.15) is 38.7 Å². The van der Waals surface area contributed by atoms with Gasteiger partial charge in [0.1, 0.15) is 11.6 Å². The minimum atomic E-state index is -1.16. The van der Waals surface area contributed by atoms with Crippen molar-refractivity contribution in [2.45, 2.75) is 63.8 Å². The van der Waals surface area contributed by atoms with Crippen LogP contribution in [0.25, 0.3) is 0 Å². The Morgan fingerprint density at radius 3 is 2.78 bits per heavy atom. The van der Waals surface area contributed by atoms with Crippen molar-refractivity contribution in [3.63, 3.8) is 0 Å². The Balaban J connectivity index is 1.43. The van der Waals surface area contributed by atoms with Gasteiger partial charge in [-0.3, -0.25) is 14.4 Å². The van der Waals surface area contributed by atoms with Crippen LogP contribution in [0.15, 0.2) is 36.4 Å². The van der Waals surface area contributed by atoms with E-state index in [4.69, 9.17) is 9.47 Å². The van der Waals surface area contributed by atoms with E-state index in [0.29, 0.717) is 24.1 Å². The number of benzene rings is 1. The Morgan fingerprint density at radius 2 is 2.03 bits per heavy atom. The standard InChI is InChI=1S/C28H37N3O5/c1-16-7-5-9-19(15-16)29-25(32)22-21-11-12-28(36-21)23(22)27(34)31(13-14-35-4)24(28)26(33)30-20-10-6-8-17(2)18(20)3/h5,7,9,11-12,15,17-18,20-24H,6,8,10,13-14H2,1-4H3,(H,29,32)(H,30,33). The van der Waals surface area contributed by atoms with Crippen molar-refractivity contribution >= 4 is 23.4 Å². The third-order valence-corrected chi connectivity index (χ3v) is 8.78. The number of likely N-dealkylation sites (tertiary alicyclic amines) is 1. The first-order chi connectivity index (χ1) is 17.3. The summed E-state index contributed by atoms with van der Waals surface area (Å²) >= 11 is 0. The van der Waals surface area contributed by atoms with Gasteiger partial charge in [0, 0.05) is 25.4 Å². The molecule has 36 heavy (non-hydrogen) atoms. The van der Waals surface area contributed by atoms with Crippen LogP contribution in [-0.4, -0.2) is 66.7 Å². The molecule has 8 heteroatoms. The van der Waals surface area contributed by atoms with Crippen LogP contribution in [-0.2, 0) is 23.9 Å². The summed E-state index contributed by atoms with van der Waals surface area (Å²) in [7, 11) is 1.57. The van der Waals surface area contributed by atoms with E-state index in [1.54, 1.807) is 12.0 Å². The number of methoxy groups -OCH3 is 1. The van der Waals surface area contributed by atoms with Gasteiger partial charge in [0.2, 0.25) is 17.7 Å². The summed E-state index contributed by atoms with van der Waals surface area (Å²) in [4.78, 5) is 42.7. The molecule has 2 N–H and O–H groups in total. The molecular formula is C28H37N3O5. The van der Waals surface area contributed by atoms with Crippen LogP contribution in [0.4, 0.5) is 5.69 Å². The average Bonchev–Trinajstić information content (AvgIpc) is 3.48. The number of aryl methyl sites for hydroxylation is 1. The fourth-order valence-electron chi connectivity index (χ4n) is 6.69. The van der Waals surface area contributed by atoms with Crippen molar-refractivity contribution in [3.05, 3.63) is 42.0 Å². The van der Waals surface area contributed by atoms with E-state index < -0.39 is 29.6 Å².